The van der Waals surface area contributed by atoms with Crippen molar-refractivity contribution in [1.82, 2.24) is 4.90 Å². The molecule has 0 aromatic heterocycles. The van der Waals surface area contributed by atoms with Gasteiger partial charge >= 0.3 is 0 Å². The van der Waals surface area contributed by atoms with Gasteiger partial charge in [-0.15, -0.1) is 0 Å². The monoisotopic (exact) mass is 275 g/mol. The van der Waals surface area contributed by atoms with Gasteiger partial charge in [-0.2, -0.15) is 0 Å². The SMILES string of the molecule is CCC(CC)C(=O)N1CCC(Oc2ccccc2)CC1. The van der Waals surface area contributed by atoms with Crippen LogP contribution in [0, 0.1) is 5.92 Å². The Labute approximate surface area is 121 Å². The molecule has 1 aromatic carbocycles. The van der Waals surface area contributed by atoms with Crippen molar-refractivity contribution in [3.05, 3.63) is 30.3 Å². The first-order valence-corrected chi connectivity index (χ1v) is 7.75. The first-order chi connectivity index (χ1) is 9.74. The summed E-state index contributed by atoms with van der Waals surface area (Å²) >= 11 is 0. The summed E-state index contributed by atoms with van der Waals surface area (Å²) in [4.78, 5) is 14.3. The molecular formula is C17H25NO2. The van der Waals surface area contributed by atoms with E-state index in [1.54, 1.807) is 0 Å². The van der Waals surface area contributed by atoms with Gasteiger partial charge < -0.3 is 9.64 Å². The van der Waals surface area contributed by atoms with Gasteiger partial charge in [-0.1, -0.05) is 32.0 Å². The van der Waals surface area contributed by atoms with Crippen LogP contribution in [0.15, 0.2) is 30.3 Å². The Morgan fingerprint density at radius 1 is 1.20 bits per heavy atom. The molecule has 0 unspecified atom stereocenters. The molecule has 0 radical (unpaired) electrons. The van der Waals surface area contributed by atoms with Crippen LogP contribution < -0.4 is 4.74 Å². The summed E-state index contributed by atoms with van der Waals surface area (Å²) in [5.41, 5.74) is 0. The quantitative estimate of drug-likeness (QED) is 0.823. The molecule has 1 aliphatic heterocycles. The van der Waals surface area contributed by atoms with Crippen molar-refractivity contribution in [2.75, 3.05) is 13.1 Å². The summed E-state index contributed by atoms with van der Waals surface area (Å²) in [6, 6.07) is 9.94. The average molecular weight is 275 g/mol. The third-order valence-corrected chi connectivity index (χ3v) is 4.13. The molecular weight excluding hydrogens is 250 g/mol. The first-order valence-electron chi connectivity index (χ1n) is 7.75. The molecule has 1 heterocycles. The minimum absolute atomic E-state index is 0.196. The van der Waals surface area contributed by atoms with Crippen molar-refractivity contribution < 1.29 is 9.53 Å². The van der Waals surface area contributed by atoms with E-state index in [0.717, 1.165) is 44.5 Å². The van der Waals surface area contributed by atoms with Gasteiger partial charge in [-0.3, -0.25) is 4.79 Å². The molecule has 1 aromatic rings. The number of ether oxygens (including phenoxy) is 1. The Bertz CT molecular complexity index is 406. The maximum atomic E-state index is 12.3. The summed E-state index contributed by atoms with van der Waals surface area (Å²) in [6.07, 6.45) is 3.98. The summed E-state index contributed by atoms with van der Waals surface area (Å²) in [5, 5.41) is 0. The van der Waals surface area contributed by atoms with Gasteiger partial charge in [-0.25, -0.2) is 0 Å². The Kier molecular flexibility index (Phi) is 5.45. The third-order valence-electron chi connectivity index (χ3n) is 4.13. The van der Waals surface area contributed by atoms with Crippen LogP contribution in [0.2, 0.25) is 0 Å². The van der Waals surface area contributed by atoms with Crippen LogP contribution in [-0.2, 0) is 4.79 Å². The molecule has 2 rings (SSSR count). The van der Waals surface area contributed by atoms with Crippen molar-refractivity contribution in [2.24, 2.45) is 5.92 Å². The van der Waals surface area contributed by atoms with E-state index in [4.69, 9.17) is 4.74 Å². The maximum absolute atomic E-state index is 12.3. The Hall–Kier alpha value is -1.51. The summed E-state index contributed by atoms with van der Waals surface area (Å²) in [7, 11) is 0. The van der Waals surface area contributed by atoms with Crippen LogP contribution in [0.3, 0.4) is 0 Å². The molecule has 3 heteroatoms. The molecule has 3 nitrogen and oxygen atoms in total. The van der Waals surface area contributed by atoms with Gasteiger partial charge in [0.1, 0.15) is 11.9 Å². The molecule has 20 heavy (non-hydrogen) atoms. The molecule has 1 fully saturated rings. The fourth-order valence-corrected chi connectivity index (χ4v) is 2.78. The van der Waals surface area contributed by atoms with Crippen LogP contribution in [0.4, 0.5) is 0 Å². The highest BCUT2D eigenvalue weighted by molar-refractivity contribution is 5.78. The fourth-order valence-electron chi connectivity index (χ4n) is 2.78. The van der Waals surface area contributed by atoms with Gasteiger partial charge in [0.05, 0.1) is 0 Å². The van der Waals surface area contributed by atoms with Gasteiger partial charge in [0.2, 0.25) is 5.91 Å². The van der Waals surface area contributed by atoms with E-state index < -0.39 is 0 Å². The number of benzene rings is 1. The molecule has 1 saturated heterocycles. The van der Waals surface area contributed by atoms with Crippen molar-refractivity contribution in [3.8, 4) is 5.75 Å². The normalized spacial score (nSPS) is 16.4. The molecule has 1 amide bonds. The predicted octanol–water partition coefficient (Wildman–Crippen LogP) is 3.49. The zero-order valence-electron chi connectivity index (χ0n) is 12.5. The number of carbonyl (C=O) groups is 1. The second-order valence-electron chi connectivity index (χ2n) is 5.47. The highest BCUT2D eigenvalue weighted by Crippen LogP contribution is 2.21. The van der Waals surface area contributed by atoms with Gasteiger partial charge in [-0.05, 0) is 25.0 Å². The molecule has 0 saturated carbocycles. The minimum atomic E-state index is 0.196. The van der Waals surface area contributed by atoms with E-state index in [1.807, 2.05) is 35.2 Å². The summed E-state index contributed by atoms with van der Waals surface area (Å²) in [6.45, 7) is 5.84. The highest BCUT2D eigenvalue weighted by atomic mass is 16.5. The first kappa shape index (κ1) is 14.9. The largest absolute Gasteiger partial charge is 0.490 e. The van der Waals surface area contributed by atoms with Gasteiger partial charge in [0, 0.05) is 31.8 Å². The van der Waals surface area contributed by atoms with E-state index >= 15 is 0 Å². The number of carbonyl (C=O) groups excluding carboxylic acids is 1. The minimum Gasteiger partial charge on any atom is -0.490 e. The van der Waals surface area contributed by atoms with Crippen LogP contribution in [0.5, 0.6) is 5.75 Å². The molecule has 110 valence electrons. The van der Waals surface area contributed by atoms with Crippen LogP contribution in [-0.4, -0.2) is 30.0 Å². The summed E-state index contributed by atoms with van der Waals surface area (Å²) in [5.74, 6) is 1.45. The lowest BCUT2D eigenvalue weighted by molar-refractivity contribution is -0.137. The Morgan fingerprint density at radius 2 is 1.80 bits per heavy atom. The Morgan fingerprint density at radius 3 is 2.35 bits per heavy atom. The second kappa shape index (κ2) is 7.32. The molecule has 0 atom stereocenters. The molecule has 0 bridgehead atoms. The predicted molar refractivity (Wildman–Crippen MR) is 80.7 cm³/mol. The average Bonchev–Trinajstić information content (AvgIpc) is 2.50. The van der Waals surface area contributed by atoms with Gasteiger partial charge in [0.15, 0.2) is 0 Å². The topological polar surface area (TPSA) is 29.5 Å². The molecule has 0 spiro atoms. The third kappa shape index (κ3) is 3.75. The van der Waals surface area contributed by atoms with Crippen molar-refractivity contribution >= 4 is 5.91 Å². The fraction of sp³-hybridized carbons (Fsp3) is 0.588. The lowest BCUT2D eigenvalue weighted by atomic mass is 9.99. The number of hydrogen-bond acceptors (Lipinski definition) is 2. The van der Waals surface area contributed by atoms with Crippen LogP contribution in [0.25, 0.3) is 0 Å². The van der Waals surface area contributed by atoms with Gasteiger partial charge in [0.25, 0.3) is 0 Å². The van der Waals surface area contributed by atoms with Crippen LogP contribution in [0.1, 0.15) is 39.5 Å². The molecule has 0 aliphatic carbocycles. The van der Waals surface area contributed by atoms with Crippen molar-refractivity contribution in [2.45, 2.75) is 45.6 Å². The number of hydrogen-bond donors (Lipinski definition) is 0. The van der Waals surface area contributed by atoms with Crippen LogP contribution >= 0.6 is 0 Å². The lowest BCUT2D eigenvalue weighted by Gasteiger charge is -2.34. The Balaban J connectivity index is 1.82. The molecule has 1 aliphatic rings. The second-order valence-corrected chi connectivity index (χ2v) is 5.47. The lowest BCUT2D eigenvalue weighted by Crippen LogP contribution is -2.44. The highest BCUT2D eigenvalue weighted by Gasteiger charge is 2.27. The maximum Gasteiger partial charge on any atom is 0.225 e. The number of para-hydroxylation sites is 1. The van der Waals surface area contributed by atoms with E-state index in [1.165, 1.54) is 0 Å². The zero-order valence-corrected chi connectivity index (χ0v) is 12.5. The van der Waals surface area contributed by atoms with E-state index in [2.05, 4.69) is 13.8 Å². The van der Waals surface area contributed by atoms with E-state index in [9.17, 15) is 4.79 Å². The number of likely N-dealkylation sites (tertiary alicyclic amines) is 1. The van der Waals surface area contributed by atoms with Crippen molar-refractivity contribution in [3.63, 3.8) is 0 Å². The number of amides is 1. The number of piperidine rings is 1. The van der Waals surface area contributed by atoms with E-state index in [0.29, 0.717) is 5.91 Å². The molecule has 0 N–H and O–H groups in total. The summed E-state index contributed by atoms with van der Waals surface area (Å²) < 4.78 is 5.96. The standard InChI is InChI=1S/C17H25NO2/c1-3-14(4-2)17(19)18-12-10-16(11-13-18)20-15-8-6-5-7-9-15/h5-9,14,16H,3-4,10-13H2,1-2H3. The van der Waals surface area contributed by atoms with E-state index in [-0.39, 0.29) is 12.0 Å². The zero-order chi connectivity index (χ0) is 14.4. The smallest absolute Gasteiger partial charge is 0.225 e. The van der Waals surface area contributed by atoms with Crippen molar-refractivity contribution in [1.29, 1.82) is 0 Å². The number of rotatable bonds is 5. The number of nitrogens with zero attached hydrogens (tertiary/aromatic N) is 1.